The van der Waals surface area contributed by atoms with Gasteiger partial charge in [0.25, 0.3) is 5.91 Å². The Labute approximate surface area is 199 Å². The molecule has 0 aromatic heterocycles. The molecule has 1 aliphatic heterocycles. The van der Waals surface area contributed by atoms with Crippen LogP contribution in [0.2, 0.25) is 0 Å². The predicted octanol–water partition coefficient (Wildman–Crippen LogP) is 4.39. The zero-order valence-corrected chi connectivity index (χ0v) is 18.9. The number of amides is 1. The minimum atomic E-state index is -0.557. The van der Waals surface area contributed by atoms with E-state index in [1.54, 1.807) is 0 Å². The first-order valence-corrected chi connectivity index (χ1v) is 11.6. The van der Waals surface area contributed by atoms with Crippen LogP contribution in [0.4, 0.5) is 5.69 Å². The van der Waals surface area contributed by atoms with Crippen LogP contribution in [0.1, 0.15) is 36.4 Å². The lowest BCUT2D eigenvalue weighted by molar-refractivity contribution is -0.142. The molecule has 6 nitrogen and oxygen atoms in total. The van der Waals surface area contributed by atoms with Crippen molar-refractivity contribution in [3.63, 3.8) is 0 Å². The topological polar surface area (TPSA) is 71.0 Å². The van der Waals surface area contributed by atoms with Gasteiger partial charge in [0.2, 0.25) is 0 Å². The van der Waals surface area contributed by atoms with Crippen LogP contribution in [0, 0.1) is 0 Å². The molecule has 1 N–H and O–H groups in total. The van der Waals surface area contributed by atoms with Crippen molar-refractivity contribution in [2.45, 2.75) is 30.7 Å². The molecule has 34 heavy (non-hydrogen) atoms. The summed E-state index contributed by atoms with van der Waals surface area (Å²) in [6.45, 7) is 0.232. The van der Waals surface area contributed by atoms with E-state index in [4.69, 9.17) is 4.74 Å². The van der Waals surface area contributed by atoms with E-state index in [0.29, 0.717) is 18.7 Å². The van der Waals surface area contributed by atoms with Crippen LogP contribution in [0.5, 0.6) is 0 Å². The molecule has 6 heteroatoms. The van der Waals surface area contributed by atoms with E-state index >= 15 is 0 Å². The van der Waals surface area contributed by atoms with Gasteiger partial charge in [0.05, 0.1) is 11.7 Å². The Morgan fingerprint density at radius 2 is 1.53 bits per heavy atom. The Bertz CT molecular complexity index is 1180. The van der Waals surface area contributed by atoms with Gasteiger partial charge in [0, 0.05) is 18.4 Å². The third-order valence-corrected chi connectivity index (χ3v) is 6.55. The van der Waals surface area contributed by atoms with Crippen molar-refractivity contribution in [1.29, 1.82) is 0 Å². The lowest BCUT2D eigenvalue weighted by Crippen LogP contribution is -2.35. The van der Waals surface area contributed by atoms with Crippen LogP contribution in [-0.2, 0) is 19.7 Å². The summed E-state index contributed by atoms with van der Waals surface area (Å²) in [4.78, 5) is 25.2. The van der Waals surface area contributed by atoms with Crippen LogP contribution in [-0.4, -0.2) is 30.7 Å². The monoisotopic (exact) mass is 453 g/mol. The number of para-hydroxylation sites is 1. The molecule has 0 spiro atoms. The van der Waals surface area contributed by atoms with Crippen LogP contribution in [0.25, 0.3) is 0 Å². The molecule has 3 aromatic carbocycles. The smallest absolute Gasteiger partial charge is 0.355 e. The van der Waals surface area contributed by atoms with E-state index in [-0.39, 0.29) is 24.0 Å². The van der Waals surface area contributed by atoms with E-state index in [1.165, 1.54) is 5.56 Å². The fourth-order valence-corrected chi connectivity index (χ4v) is 4.43. The molecule has 3 aromatic rings. The molecule has 0 radical (unpaired) electrons. The van der Waals surface area contributed by atoms with Crippen molar-refractivity contribution < 1.29 is 14.3 Å². The zero-order valence-electron chi connectivity index (χ0n) is 18.9. The quantitative estimate of drug-likeness (QED) is 0.514. The number of benzene rings is 3. The lowest BCUT2D eigenvalue weighted by atomic mass is 9.96. The second kappa shape index (κ2) is 9.51. The number of nitrogens with one attached hydrogen (secondary N) is 1. The highest BCUT2D eigenvalue weighted by molar-refractivity contribution is 6.37. The van der Waals surface area contributed by atoms with Gasteiger partial charge in [0.1, 0.15) is 5.71 Å². The van der Waals surface area contributed by atoms with Crippen LogP contribution < -0.4 is 10.3 Å². The van der Waals surface area contributed by atoms with Crippen molar-refractivity contribution in [3.8, 4) is 0 Å². The van der Waals surface area contributed by atoms with Gasteiger partial charge >= 0.3 is 5.97 Å². The fourth-order valence-electron chi connectivity index (χ4n) is 4.43. The second-order valence-corrected chi connectivity index (χ2v) is 8.86. The van der Waals surface area contributed by atoms with E-state index in [1.807, 2.05) is 83.9 Å². The summed E-state index contributed by atoms with van der Waals surface area (Å²) in [7, 11) is 0. The highest BCUT2D eigenvalue weighted by atomic mass is 16.5. The number of carbonyl (C=O) groups excluding carboxylic acids is 2. The molecule has 5 rings (SSSR count). The van der Waals surface area contributed by atoms with Crippen molar-refractivity contribution >= 4 is 23.3 Å². The first-order valence-electron chi connectivity index (χ1n) is 11.6. The number of nitrogens with zero attached hydrogens (tertiary/aromatic N) is 2. The van der Waals surface area contributed by atoms with Crippen LogP contribution in [0.3, 0.4) is 0 Å². The summed E-state index contributed by atoms with van der Waals surface area (Å²) >= 11 is 0. The Hall–Kier alpha value is -3.93. The summed E-state index contributed by atoms with van der Waals surface area (Å²) in [6.07, 6.45) is 2.50. The number of ether oxygens (including phenoxy) is 1. The third kappa shape index (κ3) is 4.71. The van der Waals surface area contributed by atoms with Crippen molar-refractivity contribution in [3.05, 3.63) is 102 Å². The van der Waals surface area contributed by atoms with Gasteiger partial charge in [-0.15, -0.1) is 0 Å². The first-order chi connectivity index (χ1) is 16.6. The average Bonchev–Trinajstić information content (AvgIpc) is 3.57. The van der Waals surface area contributed by atoms with Gasteiger partial charge in [-0.2, -0.15) is 5.10 Å². The Balaban J connectivity index is 1.20. The molecule has 0 bridgehead atoms. The summed E-state index contributed by atoms with van der Waals surface area (Å²) < 4.78 is 5.34. The maximum Gasteiger partial charge on any atom is 0.355 e. The van der Waals surface area contributed by atoms with Crippen molar-refractivity contribution in [1.82, 2.24) is 5.32 Å². The van der Waals surface area contributed by atoms with E-state index < -0.39 is 5.97 Å². The number of esters is 1. The first kappa shape index (κ1) is 21.9. The molecule has 1 amide bonds. The zero-order chi connectivity index (χ0) is 23.4. The standard InChI is InChI=1S/C28H27N3O3/c32-26(29-20-28(16-17-28)22-12-6-2-7-13-22)19-34-27(33)24-18-25(21-10-4-1-5-11-21)31(30-24)23-14-8-3-9-15-23/h1-15,25H,16-20H2,(H,29,32). The molecular formula is C28H27N3O3. The highest BCUT2D eigenvalue weighted by Gasteiger charge is 2.44. The van der Waals surface area contributed by atoms with Crippen LogP contribution in [0.15, 0.2) is 96.1 Å². The van der Waals surface area contributed by atoms with E-state index in [9.17, 15) is 9.59 Å². The summed E-state index contributed by atoms with van der Waals surface area (Å²) in [5.74, 6) is -0.854. The average molecular weight is 454 g/mol. The minimum Gasteiger partial charge on any atom is -0.451 e. The maximum atomic E-state index is 12.8. The molecule has 0 saturated heterocycles. The van der Waals surface area contributed by atoms with Crippen molar-refractivity contribution in [2.75, 3.05) is 18.2 Å². The highest BCUT2D eigenvalue weighted by Crippen LogP contribution is 2.47. The molecule has 1 heterocycles. The fraction of sp³-hybridized carbons (Fsp3) is 0.250. The predicted molar refractivity (Wildman–Crippen MR) is 131 cm³/mol. The molecule has 172 valence electrons. The van der Waals surface area contributed by atoms with Gasteiger partial charge in [-0.3, -0.25) is 9.80 Å². The number of anilines is 1. The molecule has 1 unspecified atom stereocenters. The number of hydrazone groups is 1. The molecular weight excluding hydrogens is 426 g/mol. The number of hydrogen-bond donors (Lipinski definition) is 1. The van der Waals surface area contributed by atoms with E-state index in [0.717, 1.165) is 24.1 Å². The normalized spacial score (nSPS) is 18.2. The van der Waals surface area contributed by atoms with Crippen molar-refractivity contribution in [2.24, 2.45) is 5.10 Å². The second-order valence-electron chi connectivity index (χ2n) is 8.86. The summed E-state index contributed by atoms with van der Waals surface area (Å²) in [5.41, 5.74) is 3.52. The SMILES string of the molecule is O=C(COC(=O)C1=NN(c2ccccc2)C(c2ccccc2)C1)NCC1(c2ccccc2)CC1. The maximum absolute atomic E-state index is 12.8. The number of hydrogen-bond acceptors (Lipinski definition) is 5. The van der Waals surface area contributed by atoms with Gasteiger partial charge in [-0.1, -0.05) is 78.9 Å². The Morgan fingerprint density at radius 3 is 2.18 bits per heavy atom. The lowest BCUT2D eigenvalue weighted by Gasteiger charge is -2.23. The van der Waals surface area contributed by atoms with Gasteiger partial charge in [-0.05, 0) is 36.1 Å². The molecule has 1 saturated carbocycles. The van der Waals surface area contributed by atoms with E-state index in [2.05, 4.69) is 22.6 Å². The molecule has 1 atom stereocenters. The molecule has 2 aliphatic rings. The van der Waals surface area contributed by atoms with Gasteiger partial charge in [-0.25, -0.2) is 4.79 Å². The Morgan fingerprint density at radius 1 is 0.912 bits per heavy atom. The minimum absolute atomic E-state index is 0.00948. The van der Waals surface area contributed by atoms with Gasteiger partial charge < -0.3 is 10.1 Å². The molecule has 1 fully saturated rings. The Kier molecular flexibility index (Phi) is 6.12. The van der Waals surface area contributed by atoms with Crippen LogP contribution >= 0.6 is 0 Å². The number of carbonyl (C=O) groups is 2. The largest absolute Gasteiger partial charge is 0.451 e. The number of rotatable bonds is 8. The third-order valence-electron chi connectivity index (χ3n) is 6.55. The summed E-state index contributed by atoms with van der Waals surface area (Å²) in [5, 5.41) is 9.36. The van der Waals surface area contributed by atoms with Gasteiger partial charge in [0.15, 0.2) is 6.61 Å². The summed E-state index contributed by atoms with van der Waals surface area (Å²) in [6, 6.07) is 29.8. The molecule has 1 aliphatic carbocycles.